The Bertz CT molecular complexity index is 3340. The van der Waals surface area contributed by atoms with E-state index in [0.29, 0.717) is 0 Å². The van der Waals surface area contributed by atoms with Gasteiger partial charge in [0.15, 0.2) is 5.58 Å². The number of aliphatic imine (C=N–C) groups is 1. The normalized spacial score (nSPS) is 15.5. The molecule has 5 heteroatoms. The first kappa shape index (κ1) is 30.1. The molecule has 1 N–H and O–H groups in total. The minimum atomic E-state index is 0.0363. The van der Waals surface area contributed by atoms with Crippen LogP contribution in [0.2, 0.25) is 0 Å². The van der Waals surface area contributed by atoms with Crippen molar-refractivity contribution in [3.63, 3.8) is 0 Å². The van der Waals surface area contributed by atoms with Gasteiger partial charge in [0.1, 0.15) is 11.4 Å². The summed E-state index contributed by atoms with van der Waals surface area (Å²) in [6.07, 6.45) is 8.53. The Balaban J connectivity index is 1.07. The van der Waals surface area contributed by atoms with Crippen molar-refractivity contribution in [2.24, 2.45) is 4.99 Å². The summed E-state index contributed by atoms with van der Waals surface area (Å²) in [4.78, 5) is 5.21. The third-order valence-corrected chi connectivity index (χ3v) is 11.3. The summed E-state index contributed by atoms with van der Waals surface area (Å²) in [6.45, 7) is 0. The number of aromatic nitrogens is 2. The van der Waals surface area contributed by atoms with Crippen LogP contribution >= 0.6 is 0 Å². The molecule has 0 bridgehead atoms. The molecule has 12 rings (SSSR count). The van der Waals surface area contributed by atoms with Gasteiger partial charge in [-0.25, -0.2) is 4.99 Å². The minimum Gasteiger partial charge on any atom is -0.454 e. The van der Waals surface area contributed by atoms with Gasteiger partial charge in [-0.05, 0) is 54.6 Å². The second-order valence-electron chi connectivity index (χ2n) is 14.4. The number of nitrogens with one attached hydrogen (secondary N) is 1. The van der Waals surface area contributed by atoms with Crippen LogP contribution in [0.15, 0.2) is 197 Å². The molecule has 1 atom stereocenters. The van der Waals surface area contributed by atoms with Crippen molar-refractivity contribution >= 4 is 77.1 Å². The molecule has 3 aromatic heterocycles. The molecule has 10 aromatic rings. The third kappa shape index (κ3) is 4.44. The highest BCUT2D eigenvalue weighted by Crippen LogP contribution is 2.42. The number of furan rings is 1. The van der Waals surface area contributed by atoms with Crippen LogP contribution in [0.1, 0.15) is 11.1 Å². The molecule has 1 aliphatic carbocycles. The van der Waals surface area contributed by atoms with Crippen molar-refractivity contribution in [1.29, 1.82) is 0 Å². The fourth-order valence-corrected chi connectivity index (χ4v) is 8.88. The van der Waals surface area contributed by atoms with Crippen LogP contribution < -0.4 is 5.32 Å². The van der Waals surface area contributed by atoms with Crippen molar-refractivity contribution in [3.05, 3.63) is 199 Å². The zero-order valence-electron chi connectivity index (χ0n) is 29.6. The molecule has 0 radical (unpaired) electrons. The highest BCUT2D eigenvalue weighted by molar-refractivity contribution is 6.20. The lowest BCUT2D eigenvalue weighted by atomic mass is 9.94. The molecule has 258 valence electrons. The molecule has 55 heavy (non-hydrogen) atoms. The predicted molar refractivity (Wildman–Crippen MR) is 228 cm³/mol. The van der Waals surface area contributed by atoms with Gasteiger partial charge in [0.25, 0.3) is 0 Å². The van der Waals surface area contributed by atoms with Crippen LogP contribution in [0.5, 0.6) is 0 Å². The topological polar surface area (TPSA) is 47.4 Å². The second-order valence-corrected chi connectivity index (χ2v) is 14.4. The summed E-state index contributed by atoms with van der Waals surface area (Å²) in [6, 6.07) is 56.3. The van der Waals surface area contributed by atoms with E-state index in [-0.39, 0.29) is 6.04 Å². The fourth-order valence-electron chi connectivity index (χ4n) is 8.88. The molecule has 1 aliphatic heterocycles. The molecule has 2 aliphatic rings. The fraction of sp³-hybridized carbons (Fsp3) is 0.0200. The Labute approximate surface area is 316 Å². The standard InChI is InChI=1S/C50H32N4O/c1-3-14-31(15-4-1)48-38-20-7-10-22-41(38)51-50(52-48)32-26-27-36-37-21-13-25-44(49(37)55-47(36)28-32)54-43-24-12-9-19-35(43)40-29-45-39(30-46(40)54)34-18-8-11-23-42(34)53(45)33-16-5-2-6-17-33/h1-30,41H,(H,51,52). The lowest BCUT2D eigenvalue weighted by Crippen LogP contribution is -2.39. The number of para-hydroxylation sites is 4. The number of hydrogen-bond donors (Lipinski definition) is 1. The number of amidine groups is 1. The highest BCUT2D eigenvalue weighted by atomic mass is 16.3. The van der Waals surface area contributed by atoms with E-state index < -0.39 is 0 Å². The maximum Gasteiger partial charge on any atom is 0.159 e. The van der Waals surface area contributed by atoms with Crippen LogP contribution in [0.25, 0.3) is 82.6 Å². The van der Waals surface area contributed by atoms with Crippen molar-refractivity contribution < 1.29 is 4.42 Å². The van der Waals surface area contributed by atoms with E-state index in [0.717, 1.165) is 67.0 Å². The summed E-state index contributed by atoms with van der Waals surface area (Å²) in [5, 5.41) is 10.7. The molecule has 7 aromatic carbocycles. The highest BCUT2D eigenvalue weighted by Gasteiger charge is 2.25. The maximum atomic E-state index is 6.93. The molecule has 1 unspecified atom stereocenters. The van der Waals surface area contributed by atoms with Crippen molar-refractivity contribution in [2.75, 3.05) is 0 Å². The van der Waals surface area contributed by atoms with E-state index in [1.165, 1.54) is 38.2 Å². The molecule has 4 heterocycles. The quantitative estimate of drug-likeness (QED) is 0.198. The molecule has 0 spiro atoms. The Morgan fingerprint density at radius 3 is 1.96 bits per heavy atom. The first-order valence-electron chi connectivity index (χ1n) is 18.8. The molecule has 0 saturated carbocycles. The first-order chi connectivity index (χ1) is 27.3. The Kier molecular flexibility index (Phi) is 6.33. The predicted octanol–water partition coefficient (Wildman–Crippen LogP) is 12.0. The van der Waals surface area contributed by atoms with Gasteiger partial charge in [-0.1, -0.05) is 127 Å². The van der Waals surface area contributed by atoms with Crippen LogP contribution in [0, 0.1) is 0 Å². The monoisotopic (exact) mass is 704 g/mol. The van der Waals surface area contributed by atoms with Gasteiger partial charge in [0.05, 0.1) is 39.5 Å². The number of nitrogens with zero attached hydrogens (tertiary/aromatic N) is 3. The number of benzene rings is 7. The van der Waals surface area contributed by atoms with Gasteiger partial charge in [0.2, 0.25) is 0 Å². The number of fused-ring (bicyclic) bond motifs is 10. The molecule has 0 amide bonds. The van der Waals surface area contributed by atoms with Crippen molar-refractivity contribution in [2.45, 2.75) is 6.04 Å². The van der Waals surface area contributed by atoms with E-state index in [1.807, 2.05) is 6.07 Å². The van der Waals surface area contributed by atoms with Crippen LogP contribution in [0.4, 0.5) is 0 Å². The van der Waals surface area contributed by atoms with Gasteiger partial charge in [0, 0.05) is 54.7 Å². The summed E-state index contributed by atoms with van der Waals surface area (Å²) in [7, 11) is 0. The Hall–Kier alpha value is -7.37. The summed E-state index contributed by atoms with van der Waals surface area (Å²) >= 11 is 0. The maximum absolute atomic E-state index is 6.93. The zero-order valence-corrected chi connectivity index (χ0v) is 29.6. The Morgan fingerprint density at radius 2 is 1.18 bits per heavy atom. The Morgan fingerprint density at radius 1 is 0.509 bits per heavy atom. The van der Waals surface area contributed by atoms with E-state index in [1.54, 1.807) is 0 Å². The zero-order chi connectivity index (χ0) is 36.0. The van der Waals surface area contributed by atoms with Gasteiger partial charge >= 0.3 is 0 Å². The van der Waals surface area contributed by atoms with E-state index in [4.69, 9.17) is 9.41 Å². The van der Waals surface area contributed by atoms with Gasteiger partial charge in [-0.15, -0.1) is 0 Å². The summed E-state index contributed by atoms with van der Waals surface area (Å²) < 4.78 is 11.7. The van der Waals surface area contributed by atoms with E-state index in [9.17, 15) is 0 Å². The van der Waals surface area contributed by atoms with E-state index >= 15 is 0 Å². The largest absolute Gasteiger partial charge is 0.454 e. The van der Waals surface area contributed by atoms with E-state index in [2.05, 4.69) is 190 Å². The SMILES string of the molecule is C1=CC2=C(c3ccccc3)N=C(c3ccc4c(c3)oc3c(-n5c6ccccc6c6cc7c(cc65)c5ccccc5n7-c5ccccc5)cccc34)NC2C=C1. The lowest BCUT2D eigenvalue weighted by molar-refractivity contribution is 0.666. The molecule has 5 nitrogen and oxygen atoms in total. The molecular formula is C50H32N4O. The van der Waals surface area contributed by atoms with Gasteiger partial charge < -0.3 is 18.9 Å². The average molecular weight is 705 g/mol. The van der Waals surface area contributed by atoms with Gasteiger partial charge in [-0.2, -0.15) is 0 Å². The molecule has 0 fully saturated rings. The summed E-state index contributed by atoms with van der Waals surface area (Å²) in [5.41, 5.74) is 12.7. The molecule has 0 saturated heterocycles. The number of hydrogen-bond acceptors (Lipinski definition) is 3. The van der Waals surface area contributed by atoms with Crippen LogP contribution in [-0.2, 0) is 0 Å². The van der Waals surface area contributed by atoms with Crippen LogP contribution in [-0.4, -0.2) is 21.0 Å². The molecular weight excluding hydrogens is 673 g/mol. The first-order valence-corrected chi connectivity index (χ1v) is 18.8. The number of allylic oxidation sites excluding steroid dienone is 2. The minimum absolute atomic E-state index is 0.0363. The second kappa shape index (κ2) is 11.6. The van der Waals surface area contributed by atoms with Crippen LogP contribution in [0.3, 0.4) is 0 Å². The van der Waals surface area contributed by atoms with Crippen molar-refractivity contribution in [1.82, 2.24) is 14.5 Å². The summed E-state index contributed by atoms with van der Waals surface area (Å²) in [5.74, 6) is 0.830. The number of rotatable bonds is 4. The average Bonchev–Trinajstić information content (AvgIpc) is 3.90. The lowest BCUT2D eigenvalue weighted by Gasteiger charge is -2.28. The smallest absolute Gasteiger partial charge is 0.159 e. The van der Waals surface area contributed by atoms with Crippen molar-refractivity contribution in [3.8, 4) is 11.4 Å². The third-order valence-electron chi connectivity index (χ3n) is 11.3. The van der Waals surface area contributed by atoms with Gasteiger partial charge in [-0.3, -0.25) is 0 Å².